The van der Waals surface area contributed by atoms with E-state index >= 15 is 0 Å². The molecule has 1 fully saturated rings. The van der Waals surface area contributed by atoms with Crippen LogP contribution >= 0.6 is 0 Å². The first-order chi connectivity index (χ1) is 11.4. The molecule has 122 valence electrons. The van der Waals surface area contributed by atoms with Crippen LogP contribution in [0.3, 0.4) is 0 Å². The smallest absolute Gasteiger partial charge is 0.0133 e. The molecular formula is C21H28N2. The normalized spacial score (nSPS) is 16.8. The molecule has 1 saturated heterocycles. The van der Waals surface area contributed by atoms with Crippen LogP contribution in [0.25, 0.3) is 0 Å². The first-order valence-corrected chi connectivity index (χ1v) is 8.97. The molecule has 2 nitrogen and oxygen atoms in total. The molecular weight excluding hydrogens is 280 g/mol. The summed E-state index contributed by atoms with van der Waals surface area (Å²) in [6.07, 6.45) is 3.70. The standard InChI is InChI=1S/C21H28N2/c1-2-15-22-23-16-13-20(14-17-23)21(18-9-5-3-6-10-18)19-11-7-4-8-12-19/h3-12,20-22H,2,13-17H2,1H3. The van der Waals surface area contributed by atoms with Gasteiger partial charge in [0.25, 0.3) is 0 Å². The van der Waals surface area contributed by atoms with Crippen molar-refractivity contribution in [2.24, 2.45) is 5.92 Å². The third-order valence-corrected chi connectivity index (χ3v) is 4.91. The van der Waals surface area contributed by atoms with Crippen LogP contribution in [0.4, 0.5) is 0 Å². The van der Waals surface area contributed by atoms with Gasteiger partial charge in [-0.25, -0.2) is 5.01 Å². The number of hydrazine groups is 1. The Bertz CT molecular complexity index is 519. The van der Waals surface area contributed by atoms with Crippen LogP contribution in [0.2, 0.25) is 0 Å². The van der Waals surface area contributed by atoms with Crippen molar-refractivity contribution in [3.8, 4) is 0 Å². The molecule has 3 rings (SSSR count). The zero-order valence-electron chi connectivity index (χ0n) is 14.1. The highest BCUT2D eigenvalue weighted by Gasteiger charge is 2.28. The van der Waals surface area contributed by atoms with Crippen molar-refractivity contribution in [1.29, 1.82) is 0 Å². The van der Waals surface area contributed by atoms with Crippen molar-refractivity contribution in [2.75, 3.05) is 19.6 Å². The summed E-state index contributed by atoms with van der Waals surface area (Å²) >= 11 is 0. The molecule has 0 unspecified atom stereocenters. The van der Waals surface area contributed by atoms with Gasteiger partial charge in [0, 0.05) is 25.6 Å². The number of hydrogen-bond acceptors (Lipinski definition) is 2. The lowest BCUT2D eigenvalue weighted by Gasteiger charge is -2.36. The van der Waals surface area contributed by atoms with Gasteiger partial charge in [-0.05, 0) is 36.3 Å². The minimum absolute atomic E-state index is 0.519. The van der Waals surface area contributed by atoms with E-state index in [9.17, 15) is 0 Å². The third kappa shape index (κ3) is 4.21. The summed E-state index contributed by atoms with van der Waals surface area (Å²) in [4.78, 5) is 0. The van der Waals surface area contributed by atoms with E-state index in [4.69, 9.17) is 0 Å². The maximum atomic E-state index is 3.54. The highest BCUT2D eigenvalue weighted by Crippen LogP contribution is 2.37. The Labute approximate surface area is 140 Å². The zero-order valence-corrected chi connectivity index (χ0v) is 14.1. The fraction of sp³-hybridized carbons (Fsp3) is 0.429. The van der Waals surface area contributed by atoms with E-state index in [1.54, 1.807) is 0 Å². The van der Waals surface area contributed by atoms with Crippen molar-refractivity contribution in [3.05, 3.63) is 71.8 Å². The molecule has 0 atom stereocenters. The number of nitrogens with one attached hydrogen (secondary N) is 1. The molecule has 0 amide bonds. The van der Waals surface area contributed by atoms with Gasteiger partial charge < -0.3 is 0 Å². The fourth-order valence-corrected chi connectivity index (χ4v) is 3.72. The molecule has 1 N–H and O–H groups in total. The summed E-state index contributed by atoms with van der Waals surface area (Å²) in [5.41, 5.74) is 6.46. The van der Waals surface area contributed by atoms with Gasteiger partial charge >= 0.3 is 0 Å². The van der Waals surface area contributed by atoms with Crippen LogP contribution in [0.5, 0.6) is 0 Å². The quantitative estimate of drug-likeness (QED) is 0.848. The Balaban J connectivity index is 1.75. The van der Waals surface area contributed by atoms with Crippen LogP contribution in [0.1, 0.15) is 43.2 Å². The molecule has 0 saturated carbocycles. The average molecular weight is 308 g/mol. The van der Waals surface area contributed by atoms with E-state index in [0.29, 0.717) is 5.92 Å². The molecule has 0 aliphatic carbocycles. The van der Waals surface area contributed by atoms with Gasteiger partial charge in [-0.3, -0.25) is 5.43 Å². The predicted octanol–water partition coefficient (Wildman–Crippen LogP) is 4.45. The first kappa shape index (κ1) is 16.2. The van der Waals surface area contributed by atoms with Crippen LogP contribution in [-0.2, 0) is 0 Å². The van der Waals surface area contributed by atoms with E-state index in [0.717, 1.165) is 25.6 Å². The highest BCUT2D eigenvalue weighted by molar-refractivity contribution is 5.33. The zero-order chi connectivity index (χ0) is 15.9. The van der Waals surface area contributed by atoms with Gasteiger partial charge in [0.05, 0.1) is 0 Å². The second-order valence-electron chi connectivity index (χ2n) is 6.53. The second-order valence-corrected chi connectivity index (χ2v) is 6.53. The van der Waals surface area contributed by atoms with Gasteiger partial charge in [-0.1, -0.05) is 67.6 Å². The maximum Gasteiger partial charge on any atom is 0.0133 e. The van der Waals surface area contributed by atoms with E-state index in [1.807, 2.05) is 0 Å². The Morgan fingerprint density at radius 1 is 0.913 bits per heavy atom. The summed E-state index contributed by atoms with van der Waals surface area (Å²) in [7, 11) is 0. The molecule has 0 radical (unpaired) electrons. The summed E-state index contributed by atoms with van der Waals surface area (Å²) in [6.45, 7) is 5.62. The predicted molar refractivity (Wildman–Crippen MR) is 97.3 cm³/mol. The lowest BCUT2D eigenvalue weighted by molar-refractivity contribution is 0.119. The molecule has 2 heteroatoms. The van der Waals surface area contributed by atoms with Crippen LogP contribution in [0, 0.1) is 5.92 Å². The van der Waals surface area contributed by atoms with Crippen LogP contribution in [0.15, 0.2) is 60.7 Å². The van der Waals surface area contributed by atoms with Gasteiger partial charge in [0.15, 0.2) is 0 Å². The van der Waals surface area contributed by atoms with Gasteiger partial charge in [-0.15, -0.1) is 0 Å². The minimum atomic E-state index is 0.519. The Morgan fingerprint density at radius 3 is 1.91 bits per heavy atom. The van der Waals surface area contributed by atoms with Crippen molar-refractivity contribution in [3.63, 3.8) is 0 Å². The van der Waals surface area contributed by atoms with Gasteiger partial charge in [-0.2, -0.15) is 0 Å². The Kier molecular flexibility index (Phi) is 5.84. The van der Waals surface area contributed by atoms with Gasteiger partial charge in [0.1, 0.15) is 0 Å². The number of hydrogen-bond donors (Lipinski definition) is 1. The topological polar surface area (TPSA) is 15.3 Å². The average Bonchev–Trinajstić information content (AvgIpc) is 2.63. The number of benzene rings is 2. The highest BCUT2D eigenvalue weighted by atomic mass is 15.5. The molecule has 1 aliphatic rings. The lowest BCUT2D eigenvalue weighted by Crippen LogP contribution is -2.44. The number of rotatable bonds is 6. The fourth-order valence-electron chi connectivity index (χ4n) is 3.72. The van der Waals surface area contributed by atoms with E-state index in [-0.39, 0.29) is 0 Å². The van der Waals surface area contributed by atoms with Crippen molar-refractivity contribution in [1.82, 2.24) is 10.4 Å². The van der Waals surface area contributed by atoms with E-state index < -0.39 is 0 Å². The summed E-state index contributed by atoms with van der Waals surface area (Å²) < 4.78 is 0. The van der Waals surface area contributed by atoms with Crippen molar-refractivity contribution < 1.29 is 0 Å². The van der Waals surface area contributed by atoms with E-state index in [1.165, 1.54) is 30.4 Å². The molecule has 1 aliphatic heterocycles. The minimum Gasteiger partial charge on any atom is -0.255 e. The van der Waals surface area contributed by atoms with Gasteiger partial charge in [0.2, 0.25) is 0 Å². The van der Waals surface area contributed by atoms with E-state index in [2.05, 4.69) is 78.0 Å². The molecule has 2 aromatic carbocycles. The third-order valence-electron chi connectivity index (χ3n) is 4.91. The van der Waals surface area contributed by atoms with Crippen LogP contribution < -0.4 is 5.43 Å². The molecule has 23 heavy (non-hydrogen) atoms. The molecule has 0 aromatic heterocycles. The monoisotopic (exact) mass is 308 g/mol. The SMILES string of the molecule is CCCNN1CCC(C(c2ccccc2)c2ccccc2)CC1. The Morgan fingerprint density at radius 2 is 1.43 bits per heavy atom. The summed E-state index contributed by atoms with van der Waals surface area (Å²) in [6, 6.07) is 22.1. The first-order valence-electron chi connectivity index (χ1n) is 8.97. The lowest BCUT2D eigenvalue weighted by atomic mass is 9.76. The second kappa shape index (κ2) is 8.28. The van der Waals surface area contributed by atoms with Crippen molar-refractivity contribution in [2.45, 2.75) is 32.1 Å². The molecule has 1 heterocycles. The number of nitrogens with zero attached hydrogens (tertiary/aromatic N) is 1. The largest absolute Gasteiger partial charge is 0.255 e. The van der Waals surface area contributed by atoms with Crippen molar-refractivity contribution >= 4 is 0 Å². The van der Waals surface area contributed by atoms with Crippen LogP contribution in [-0.4, -0.2) is 24.6 Å². The molecule has 0 spiro atoms. The Hall–Kier alpha value is -1.64. The number of piperidine rings is 1. The maximum absolute atomic E-state index is 3.54. The summed E-state index contributed by atoms with van der Waals surface area (Å²) in [5.74, 6) is 1.24. The molecule has 0 bridgehead atoms. The summed E-state index contributed by atoms with van der Waals surface area (Å²) in [5, 5.41) is 2.41. The molecule has 2 aromatic rings.